The Kier molecular flexibility index (Phi) is 4.64. The van der Waals surface area contributed by atoms with Crippen LogP contribution < -0.4 is 0 Å². The lowest BCUT2D eigenvalue weighted by molar-refractivity contribution is 0.623. The van der Waals surface area contributed by atoms with Crippen LogP contribution in [-0.2, 0) is 5.75 Å². The molecule has 0 aliphatic rings. The molecule has 0 N–H and O–H groups in total. The van der Waals surface area contributed by atoms with Crippen LogP contribution in [0.25, 0.3) is 0 Å². The van der Waals surface area contributed by atoms with Gasteiger partial charge in [0.15, 0.2) is 0 Å². The van der Waals surface area contributed by atoms with E-state index in [1.807, 2.05) is 17.8 Å². The molecular weight excluding hydrogens is 209 g/mol. The van der Waals surface area contributed by atoms with Gasteiger partial charge in [0.2, 0.25) is 0 Å². The van der Waals surface area contributed by atoms with E-state index in [0.717, 1.165) is 17.7 Å². The van der Waals surface area contributed by atoms with E-state index in [9.17, 15) is 4.39 Å². The zero-order chi connectivity index (χ0) is 11.3. The Bertz CT molecular complexity index is 370. The molecule has 1 aromatic carbocycles. The lowest BCUT2D eigenvalue weighted by atomic mass is 10.1. The van der Waals surface area contributed by atoms with E-state index >= 15 is 0 Å². The van der Waals surface area contributed by atoms with E-state index in [0.29, 0.717) is 5.25 Å². The smallest absolute Gasteiger partial charge is 0.140 e. The minimum atomic E-state index is -0.435. The highest BCUT2D eigenvalue weighted by Gasteiger charge is 2.04. The van der Waals surface area contributed by atoms with Gasteiger partial charge >= 0.3 is 0 Å². The number of hydrogen-bond acceptors (Lipinski definition) is 2. The maximum atomic E-state index is 13.0. The minimum absolute atomic E-state index is 0.136. The van der Waals surface area contributed by atoms with Crippen LogP contribution in [0, 0.1) is 17.1 Å². The Morgan fingerprint density at radius 2 is 2.27 bits per heavy atom. The highest BCUT2D eigenvalue weighted by atomic mass is 32.2. The van der Waals surface area contributed by atoms with Gasteiger partial charge in [0.25, 0.3) is 0 Å². The molecule has 3 heteroatoms. The van der Waals surface area contributed by atoms with Gasteiger partial charge in [-0.2, -0.15) is 17.0 Å². The molecule has 0 saturated carbocycles. The minimum Gasteiger partial charge on any atom is -0.206 e. The zero-order valence-corrected chi connectivity index (χ0v) is 9.77. The average molecular weight is 223 g/mol. The van der Waals surface area contributed by atoms with Gasteiger partial charge in [0.1, 0.15) is 11.9 Å². The zero-order valence-electron chi connectivity index (χ0n) is 8.96. The van der Waals surface area contributed by atoms with Crippen LogP contribution >= 0.6 is 11.8 Å². The third-order valence-corrected chi connectivity index (χ3v) is 3.66. The summed E-state index contributed by atoms with van der Waals surface area (Å²) in [5.74, 6) is 0.402. The molecule has 0 bridgehead atoms. The van der Waals surface area contributed by atoms with Crippen LogP contribution in [0.5, 0.6) is 0 Å². The Morgan fingerprint density at radius 3 is 2.87 bits per heavy atom. The fourth-order valence-electron chi connectivity index (χ4n) is 1.10. The van der Waals surface area contributed by atoms with Crippen molar-refractivity contribution >= 4 is 11.8 Å². The van der Waals surface area contributed by atoms with Crippen molar-refractivity contribution < 1.29 is 4.39 Å². The Labute approximate surface area is 94.3 Å². The van der Waals surface area contributed by atoms with E-state index in [4.69, 9.17) is 5.26 Å². The van der Waals surface area contributed by atoms with Crippen molar-refractivity contribution in [2.45, 2.75) is 31.3 Å². The summed E-state index contributed by atoms with van der Waals surface area (Å²) < 4.78 is 13.0. The number of halogens is 1. The summed E-state index contributed by atoms with van der Waals surface area (Å²) in [7, 11) is 0. The van der Waals surface area contributed by atoms with Gasteiger partial charge in [-0.1, -0.05) is 19.9 Å². The second-order valence-electron chi connectivity index (χ2n) is 3.46. The number of benzene rings is 1. The summed E-state index contributed by atoms with van der Waals surface area (Å²) in [6.07, 6.45) is 1.12. The first-order chi connectivity index (χ1) is 7.17. The molecule has 0 aliphatic carbocycles. The van der Waals surface area contributed by atoms with Crippen molar-refractivity contribution in [2.24, 2.45) is 0 Å². The third-order valence-electron chi connectivity index (χ3n) is 2.26. The summed E-state index contributed by atoms with van der Waals surface area (Å²) in [5.41, 5.74) is 1.15. The largest absolute Gasteiger partial charge is 0.206 e. The van der Waals surface area contributed by atoms with Crippen LogP contribution in [0.4, 0.5) is 4.39 Å². The van der Waals surface area contributed by atoms with Crippen molar-refractivity contribution in [1.29, 1.82) is 5.26 Å². The molecule has 0 fully saturated rings. The first kappa shape index (κ1) is 12.1. The predicted octanol–water partition coefficient (Wildman–Crippen LogP) is 3.73. The SMILES string of the molecule is CCC(C)SCc1ccc(F)c(C#N)c1. The average Bonchev–Trinajstić information content (AvgIpc) is 2.27. The number of rotatable bonds is 4. The monoisotopic (exact) mass is 223 g/mol. The highest BCUT2D eigenvalue weighted by molar-refractivity contribution is 7.99. The number of nitrogens with zero attached hydrogens (tertiary/aromatic N) is 1. The van der Waals surface area contributed by atoms with Gasteiger partial charge in [-0.05, 0) is 24.1 Å². The maximum Gasteiger partial charge on any atom is 0.140 e. The molecule has 0 amide bonds. The topological polar surface area (TPSA) is 23.8 Å². The quantitative estimate of drug-likeness (QED) is 0.776. The number of thioether (sulfide) groups is 1. The van der Waals surface area contributed by atoms with Gasteiger partial charge in [-0.3, -0.25) is 0 Å². The van der Waals surface area contributed by atoms with E-state index in [1.54, 1.807) is 12.1 Å². The molecule has 0 heterocycles. The first-order valence-electron chi connectivity index (χ1n) is 4.97. The van der Waals surface area contributed by atoms with Crippen LogP contribution in [0.15, 0.2) is 18.2 Å². The van der Waals surface area contributed by atoms with Crippen LogP contribution in [0.3, 0.4) is 0 Å². The second-order valence-corrected chi connectivity index (χ2v) is 4.88. The molecule has 1 atom stereocenters. The predicted molar refractivity (Wildman–Crippen MR) is 62.2 cm³/mol. The lowest BCUT2D eigenvalue weighted by Crippen LogP contribution is -1.94. The molecule has 0 aliphatic heterocycles. The van der Waals surface area contributed by atoms with E-state index in [2.05, 4.69) is 13.8 Å². The van der Waals surface area contributed by atoms with Crippen molar-refractivity contribution in [2.75, 3.05) is 0 Å². The van der Waals surface area contributed by atoms with E-state index in [-0.39, 0.29) is 5.56 Å². The van der Waals surface area contributed by atoms with Gasteiger partial charge in [0.05, 0.1) is 5.56 Å². The summed E-state index contributed by atoms with van der Waals surface area (Å²) in [4.78, 5) is 0. The molecule has 1 unspecified atom stereocenters. The van der Waals surface area contributed by atoms with E-state index in [1.165, 1.54) is 6.07 Å². The molecule has 80 valence electrons. The van der Waals surface area contributed by atoms with Crippen molar-refractivity contribution in [3.05, 3.63) is 35.1 Å². The Balaban J connectivity index is 2.67. The van der Waals surface area contributed by atoms with Gasteiger partial charge < -0.3 is 0 Å². The van der Waals surface area contributed by atoms with Gasteiger partial charge in [0, 0.05) is 11.0 Å². The second kappa shape index (κ2) is 5.77. The summed E-state index contributed by atoms with van der Waals surface area (Å²) >= 11 is 1.82. The first-order valence-corrected chi connectivity index (χ1v) is 6.02. The van der Waals surface area contributed by atoms with Crippen molar-refractivity contribution in [3.8, 4) is 6.07 Å². The third kappa shape index (κ3) is 3.56. The number of hydrogen-bond donors (Lipinski definition) is 0. The van der Waals surface area contributed by atoms with Crippen LogP contribution in [0.1, 0.15) is 31.4 Å². The Hall–Kier alpha value is -1.01. The molecule has 0 radical (unpaired) electrons. The molecule has 0 saturated heterocycles. The molecular formula is C12H14FNS. The summed E-state index contributed by atoms with van der Waals surface area (Å²) in [6.45, 7) is 4.31. The lowest BCUT2D eigenvalue weighted by Gasteiger charge is -2.08. The van der Waals surface area contributed by atoms with Crippen LogP contribution in [0.2, 0.25) is 0 Å². The van der Waals surface area contributed by atoms with Gasteiger partial charge in [-0.15, -0.1) is 0 Å². The molecule has 1 rings (SSSR count). The molecule has 1 nitrogen and oxygen atoms in total. The number of nitriles is 1. The summed E-state index contributed by atoms with van der Waals surface area (Å²) in [6, 6.07) is 6.59. The Morgan fingerprint density at radius 1 is 1.53 bits per heavy atom. The molecule has 1 aromatic rings. The summed E-state index contributed by atoms with van der Waals surface area (Å²) in [5, 5.41) is 9.27. The van der Waals surface area contributed by atoms with Gasteiger partial charge in [-0.25, -0.2) is 4.39 Å². The van der Waals surface area contributed by atoms with Crippen LogP contribution in [-0.4, -0.2) is 5.25 Å². The maximum absolute atomic E-state index is 13.0. The highest BCUT2D eigenvalue weighted by Crippen LogP contribution is 2.21. The normalized spacial score (nSPS) is 12.1. The molecule has 0 aromatic heterocycles. The van der Waals surface area contributed by atoms with Crippen molar-refractivity contribution in [1.82, 2.24) is 0 Å². The fourth-order valence-corrected chi connectivity index (χ4v) is 2.00. The van der Waals surface area contributed by atoms with E-state index < -0.39 is 5.82 Å². The molecule has 0 spiro atoms. The standard InChI is InChI=1S/C12H14FNS/c1-3-9(2)15-8-10-4-5-12(13)11(6-10)7-14/h4-6,9H,3,8H2,1-2H3. The molecule has 15 heavy (non-hydrogen) atoms. The fraction of sp³-hybridized carbons (Fsp3) is 0.417. The van der Waals surface area contributed by atoms with Crippen molar-refractivity contribution in [3.63, 3.8) is 0 Å².